The lowest BCUT2D eigenvalue weighted by atomic mass is 10.2. The average Bonchev–Trinajstić information content (AvgIpc) is 2.69. The van der Waals surface area contributed by atoms with E-state index in [1.165, 1.54) is 4.57 Å². The summed E-state index contributed by atoms with van der Waals surface area (Å²) in [6.07, 6.45) is 3.43. The summed E-state index contributed by atoms with van der Waals surface area (Å²) in [5, 5.41) is 11.0. The maximum absolute atomic E-state index is 13.3. The van der Waals surface area contributed by atoms with Crippen LogP contribution in [-0.4, -0.2) is 14.7 Å². The van der Waals surface area contributed by atoms with Gasteiger partial charge < -0.3 is 5.11 Å². The first-order valence-corrected chi connectivity index (χ1v) is 9.93. The molecule has 1 N–H and O–H groups in total. The highest BCUT2D eigenvalue weighted by atomic mass is 127. The van der Waals surface area contributed by atoms with Gasteiger partial charge in [0.25, 0.3) is 5.56 Å². The van der Waals surface area contributed by atoms with Crippen LogP contribution in [0.3, 0.4) is 0 Å². The van der Waals surface area contributed by atoms with Crippen LogP contribution in [0.5, 0.6) is 5.75 Å². The lowest BCUT2D eigenvalue weighted by Gasteiger charge is -2.13. The largest absolute Gasteiger partial charge is 0.507 e. The first-order valence-electron chi connectivity index (χ1n) is 8.48. The van der Waals surface area contributed by atoms with Gasteiger partial charge in [-0.15, -0.1) is 0 Å². The molecule has 4 nitrogen and oxygen atoms in total. The summed E-state index contributed by atoms with van der Waals surface area (Å²) in [6.45, 7) is 0. The zero-order valence-corrected chi connectivity index (χ0v) is 17.4. The number of benzene rings is 3. The zero-order valence-electron chi connectivity index (χ0n) is 14.5. The number of hydrogen-bond donors (Lipinski definition) is 1. The van der Waals surface area contributed by atoms with Gasteiger partial charge in [-0.05, 0) is 71.1 Å². The van der Waals surface area contributed by atoms with Crippen molar-refractivity contribution in [1.29, 1.82) is 0 Å². The fourth-order valence-electron chi connectivity index (χ4n) is 2.95. The van der Waals surface area contributed by atoms with Crippen molar-refractivity contribution in [2.75, 3.05) is 0 Å². The molecule has 0 aliphatic heterocycles. The normalized spacial score (nSPS) is 11.4. The predicted molar refractivity (Wildman–Crippen MR) is 122 cm³/mol. The van der Waals surface area contributed by atoms with Crippen molar-refractivity contribution in [2.45, 2.75) is 0 Å². The molecule has 0 amide bonds. The number of para-hydroxylation sites is 2. The van der Waals surface area contributed by atoms with Crippen molar-refractivity contribution >= 4 is 57.2 Å². The molecule has 0 aliphatic rings. The number of rotatable bonds is 3. The Morgan fingerprint density at radius 3 is 2.54 bits per heavy atom. The summed E-state index contributed by atoms with van der Waals surface area (Å²) < 4.78 is 2.45. The highest BCUT2D eigenvalue weighted by molar-refractivity contribution is 14.1. The maximum atomic E-state index is 13.3. The molecule has 0 saturated carbocycles. The molecule has 138 valence electrons. The van der Waals surface area contributed by atoms with E-state index in [2.05, 4.69) is 27.6 Å². The molecule has 0 saturated heterocycles. The van der Waals surface area contributed by atoms with Crippen molar-refractivity contribution in [1.82, 2.24) is 9.55 Å². The molecule has 0 bridgehead atoms. The van der Waals surface area contributed by atoms with Crippen LogP contribution in [0.1, 0.15) is 11.4 Å². The van der Waals surface area contributed by atoms with Crippen LogP contribution in [-0.2, 0) is 0 Å². The number of hydrogen-bond acceptors (Lipinski definition) is 3. The molecule has 3 aromatic carbocycles. The summed E-state index contributed by atoms with van der Waals surface area (Å²) in [6, 6.07) is 19.7. The van der Waals surface area contributed by atoms with Crippen LogP contribution in [0.2, 0.25) is 5.02 Å². The van der Waals surface area contributed by atoms with Crippen LogP contribution in [0, 0.1) is 3.57 Å². The van der Waals surface area contributed by atoms with E-state index in [0.29, 0.717) is 33.0 Å². The number of nitrogens with zero attached hydrogens (tertiary/aromatic N) is 2. The fourth-order valence-corrected chi connectivity index (χ4v) is 3.66. The van der Waals surface area contributed by atoms with Crippen molar-refractivity contribution in [3.8, 4) is 11.4 Å². The molecule has 6 heteroatoms. The van der Waals surface area contributed by atoms with Crippen LogP contribution in [0.15, 0.2) is 71.5 Å². The number of aromatic nitrogens is 2. The molecule has 0 aliphatic carbocycles. The van der Waals surface area contributed by atoms with Gasteiger partial charge in [-0.1, -0.05) is 41.9 Å². The lowest BCUT2D eigenvalue weighted by molar-refractivity contribution is 0.474. The SMILES string of the molecule is O=c1c2cc(I)ccc2nc(C=Cc2ccccc2O)n1-c1ccccc1Cl. The second kappa shape index (κ2) is 7.77. The Kier molecular flexibility index (Phi) is 5.19. The lowest BCUT2D eigenvalue weighted by Crippen LogP contribution is -2.22. The number of fused-ring (bicyclic) bond motifs is 1. The van der Waals surface area contributed by atoms with E-state index in [0.717, 1.165) is 3.57 Å². The zero-order chi connectivity index (χ0) is 19.7. The van der Waals surface area contributed by atoms with Crippen LogP contribution >= 0.6 is 34.2 Å². The topological polar surface area (TPSA) is 55.1 Å². The van der Waals surface area contributed by atoms with Crippen LogP contribution in [0.25, 0.3) is 28.7 Å². The molecule has 1 aromatic heterocycles. The molecule has 0 atom stereocenters. The van der Waals surface area contributed by atoms with Gasteiger partial charge in [0.15, 0.2) is 0 Å². The van der Waals surface area contributed by atoms with Crippen molar-refractivity contribution in [3.63, 3.8) is 0 Å². The van der Waals surface area contributed by atoms with Gasteiger partial charge in [0.2, 0.25) is 0 Å². The summed E-state index contributed by atoms with van der Waals surface area (Å²) in [5.74, 6) is 0.579. The van der Waals surface area contributed by atoms with Gasteiger partial charge in [0.1, 0.15) is 11.6 Å². The quantitative estimate of drug-likeness (QED) is 0.377. The Labute approximate surface area is 179 Å². The molecule has 28 heavy (non-hydrogen) atoms. The minimum absolute atomic E-state index is 0.153. The van der Waals surface area contributed by atoms with Crippen LogP contribution in [0.4, 0.5) is 0 Å². The Bertz CT molecular complexity index is 1280. The Morgan fingerprint density at radius 2 is 1.75 bits per heavy atom. The van der Waals surface area contributed by atoms with Crippen molar-refractivity contribution < 1.29 is 5.11 Å². The van der Waals surface area contributed by atoms with Gasteiger partial charge >= 0.3 is 0 Å². The van der Waals surface area contributed by atoms with Gasteiger partial charge in [-0.2, -0.15) is 0 Å². The summed E-state index contributed by atoms with van der Waals surface area (Å²) >= 11 is 8.55. The van der Waals surface area contributed by atoms with E-state index in [4.69, 9.17) is 11.6 Å². The minimum atomic E-state index is -0.200. The highest BCUT2D eigenvalue weighted by Gasteiger charge is 2.13. The average molecular weight is 501 g/mol. The predicted octanol–water partition coefficient (Wildman–Crippen LogP) is 5.52. The van der Waals surface area contributed by atoms with Crippen molar-refractivity contribution in [3.05, 3.63) is 97.1 Å². The minimum Gasteiger partial charge on any atom is -0.507 e. The first kappa shape index (κ1) is 18.7. The Balaban J connectivity index is 2.00. The third-order valence-electron chi connectivity index (χ3n) is 4.30. The molecular weight excluding hydrogens is 487 g/mol. The Morgan fingerprint density at radius 1 is 1.00 bits per heavy atom. The number of phenols is 1. The smallest absolute Gasteiger partial charge is 0.266 e. The molecule has 4 aromatic rings. The molecule has 0 unspecified atom stereocenters. The van der Waals surface area contributed by atoms with E-state index in [1.807, 2.05) is 36.4 Å². The summed E-state index contributed by atoms with van der Waals surface area (Å²) in [4.78, 5) is 18.0. The molecule has 1 heterocycles. The van der Waals surface area contributed by atoms with E-state index in [-0.39, 0.29) is 11.3 Å². The van der Waals surface area contributed by atoms with E-state index in [1.54, 1.807) is 42.5 Å². The van der Waals surface area contributed by atoms with Gasteiger partial charge in [-0.25, -0.2) is 4.98 Å². The standard InChI is InChI=1S/C22H14ClIN2O2/c23-17-6-2-3-7-19(17)26-21(12-9-14-5-1-4-8-20(14)27)25-18-11-10-15(24)13-16(18)22(26)28/h1-13,27H. The Hall–Kier alpha value is -2.64. The van der Waals surface area contributed by atoms with Gasteiger partial charge in [0.05, 0.1) is 21.6 Å². The third-order valence-corrected chi connectivity index (χ3v) is 5.29. The molecule has 4 rings (SSSR count). The van der Waals surface area contributed by atoms with E-state index < -0.39 is 0 Å². The number of phenolic OH excluding ortho intramolecular Hbond substituents is 1. The second-order valence-electron chi connectivity index (χ2n) is 6.12. The third kappa shape index (κ3) is 3.55. The first-order chi connectivity index (χ1) is 13.5. The number of halogens is 2. The van der Waals surface area contributed by atoms with E-state index >= 15 is 0 Å². The maximum Gasteiger partial charge on any atom is 0.266 e. The number of aromatic hydroxyl groups is 1. The monoisotopic (exact) mass is 500 g/mol. The second-order valence-corrected chi connectivity index (χ2v) is 7.77. The van der Waals surface area contributed by atoms with Crippen molar-refractivity contribution in [2.24, 2.45) is 0 Å². The van der Waals surface area contributed by atoms with Gasteiger partial charge in [0, 0.05) is 9.13 Å². The van der Waals surface area contributed by atoms with Gasteiger partial charge in [-0.3, -0.25) is 9.36 Å². The molecular formula is C22H14ClIN2O2. The summed E-state index contributed by atoms with van der Waals surface area (Å²) in [7, 11) is 0. The molecule has 0 radical (unpaired) electrons. The van der Waals surface area contributed by atoms with Crippen LogP contribution < -0.4 is 5.56 Å². The molecule has 0 spiro atoms. The highest BCUT2D eigenvalue weighted by Crippen LogP contribution is 2.23. The van der Waals surface area contributed by atoms with E-state index in [9.17, 15) is 9.90 Å². The fraction of sp³-hybridized carbons (Fsp3) is 0. The molecule has 0 fully saturated rings. The summed E-state index contributed by atoms with van der Waals surface area (Å²) in [5.41, 5.74) is 1.59.